The van der Waals surface area contributed by atoms with Crippen LogP contribution < -0.4 is 0 Å². The Morgan fingerprint density at radius 2 is 2.00 bits per heavy atom. The third-order valence-electron chi connectivity index (χ3n) is 3.21. The summed E-state index contributed by atoms with van der Waals surface area (Å²) in [4.78, 5) is 3.16. The first-order valence-corrected chi connectivity index (χ1v) is 7.79. The molecule has 2 rings (SSSR count). The van der Waals surface area contributed by atoms with E-state index in [1.54, 1.807) is 0 Å². The van der Waals surface area contributed by atoms with E-state index in [4.69, 9.17) is 0 Å². The lowest BCUT2D eigenvalue weighted by atomic mass is 9.98. The molecule has 0 bridgehead atoms. The quantitative estimate of drug-likeness (QED) is 0.755. The first-order valence-electron chi connectivity index (χ1n) is 5.76. The highest BCUT2D eigenvalue weighted by Gasteiger charge is 2.26. The van der Waals surface area contributed by atoms with Crippen molar-refractivity contribution in [3.63, 3.8) is 0 Å². The van der Waals surface area contributed by atoms with Crippen LogP contribution in [0.1, 0.15) is 12.0 Å². The minimum atomic E-state index is 0.629. The number of nitrogens with zero attached hydrogens (tertiary/aromatic N) is 1. The number of benzene rings is 1. The Hall–Kier alpha value is 0.140. The summed E-state index contributed by atoms with van der Waals surface area (Å²) in [5, 5.41) is 1.11. The van der Waals surface area contributed by atoms with Gasteiger partial charge in [0.15, 0.2) is 0 Å². The fraction of sp³-hybridized carbons (Fsp3) is 0.538. The summed E-state index contributed by atoms with van der Waals surface area (Å²) in [6.07, 6.45) is 1.29. The van der Waals surface area contributed by atoms with E-state index in [0.29, 0.717) is 4.83 Å². The normalized spacial score (nSPS) is 26.9. The van der Waals surface area contributed by atoms with Crippen molar-refractivity contribution in [3.05, 3.63) is 35.9 Å². The highest BCUT2D eigenvalue weighted by Crippen LogP contribution is 2.26. The summed E-state index contributed by atoms with van der Waals surface area (Å²) < 4.78 is 0. The molecule has 1 saturated heterocycles. The van der Waals surface area contributed by atoms with E-state index in [-0.39, 0.29) is 0 Å². The maximum absolute atomic E-state index is 3.80. The number of piperidine rings is 1. The van der Waals surface area contributed by atoms with Crippen molar-refractivity contribution in [1.29, 1.82) is 0 Å². The molecule has 0 saturated carbocycles. The minimum Gasteiger partial charge on any atom is -0.298 e. The van der Waals surface area contributed by atoms with Crippen molar-refractivity contribution in [2.24, 2.45) is 5.92 Å². The maximum Gasteiger partial charge on any atom is 0.0309 e. The molecule has 1 aromatic rings. The second kappa shape index (κ2) is 6.18. The summed E-state index contributed by atoms with van der Waals surface area (Å²) in [5.74, 6) is 0.784. The minimum absolute atomic E-state index is 0.629. The Morgan fingerprint density at radius 3 is 2.62 bits per heavy atom. The average molecular weight is 347 g/mol. The predicted molar refractivity (Wildman–Crippen MR) is 76.3 cm³/mol. The van der Waals surface area contributed by atoms with Crippen molar-refractivity contribution >= 4 is 31.9 Å². The van der Waals surface area contributed by atoms with Gasteiger partial charge in [-0.1, -0.05) is 62.2 Å². The Balaban J connectivity index is 1.89. The van der Waals surface area contributed by atoms with E-state index < -0.39 is 0 Å². The van der Waals surface area contributed by atoms with Gasteiger partial charge in [0.05, 0.1) is 0 Å². The molecule has 1 aliphatic heterocycles. The van der Waals surface area contributed by atoms with Gasteiger partial charge in [0.25, 0.3) is 0 Å². The third kappa shape index (κ3) is 3.31. The van der Waals surface area contributed by atoms with E-state index in [2.05, 4.69) is 67.1 Å². The summed E-state index contributed by atoms with van der Waals surface area (Å²) in [5.41, 5.74) is 1.42. The lowest BCUT2D eigenvalue weighted by Crippen LogP contribution is -2.41. The van der Waals surface area contributed by atoms with Gasteiger partial charge in [0.2, 0.25) is 0 Å². The smallest absolute Gasteiger partial charge is 0.0309 e. The molecule has 16 heavy (non-hydrogen) atoms. The van der Waals surface area contributed by atoms with Crippen molar-refractivity contribution in [2.75, 3.05) is 18.4 Å². The van der Waals surface area contributed by atoms with Gasteiger partial charge in [0.1, 0.15) is 0 Å². The molecule has 88 valence electrons. The molecular weight excluding hydrogens is 330 g/mol. The summed E-state index contributed by atoms with van der Waals surface area (Å²) in [6.45, 7) is 3.45. The predicted octanol–water partition coefficient (Wildman–Crippen LogP) is 3.67. The van der Waals surface area contributed by atoms with E-state index in [1.807, 2.05) is 0 Å². The molecule has 0 radical (unpaired) electrons. The van der Waals surface area contributed by atoms with Gasteiger partial charge in [-0.2, -0.15) is 0 Å². The largest absolute Gasteiger partial charge is 0.298 e. The Kier molecular flexibility index (Phi) is 4.86. The first-order chi connectivity index (χ1) is 7.79. The van der Waals surface area contributed by atoms with Gasteiger partial charge in [0, 0.05) is 23.2 Å². The van der Waals surface area contributed by atoms with E-state index in [1.165, 1.54) is 18.5 Å². The molecule has 2 unspecified atom stereocenters. The number of likely N-dealkylation sites (tertiary alicyclic amines) is 1. The van der Waals surface area contributed by atoms with Crippen LogP contribution in [0, 0.1) is 5.92 Å². The average Bonchev–Trinajstić information content (AvgIpc) is 2.31. The van der Waals surface area contributed by atoms with Gasteiger partial charge in [-0.05, 0) is 24.4 Å². The van der Waals surface area contributed by atoms with Crippen LogP contribution in [-0.4, -0.2) is 28.1 Å². The van der Waals surface area contributed by atoms with Crippen LogP contribution in [0.15, 0.2) is 30.3 Å². The molecule has 3 heteroatoms. The zero-order valence-corrected chi connectivity index (χ0v) is 12.5. The molecule has 0 aromatic heterocycles. The molecule has 0 aliphatic carbocycles. The van der Waals surface area contributed by atoms with Gasteiger partial charge in [-0.15, -0.1) is 0 Å². The van der Waals surface area contributed by atoms with Crippen LogP contribution in [0.3, 0.4) is 0 Å². The molecule has 1 fully saturated rings. The zero-order chi connectivity index (χ0) is 11.4. The van der Waals surface area contributed by atoms with E-state index >= 15 is 0 Å². The highest BCUT2D eigenvalue weighted by molar-refractivity contribution is 9.10. The Labute approximate surface area is 114 Å². The van der Waals surface area contributed by atoms with E-state index in [0.717, 1.165) is 24.3 Å². The SMILES string of the molecule is BrCC1CCN(Cc2ccccc2)CC1Br. The van der Waals surface area contributed by atoms with Gasteiger partial charge in [-0.25, -0.2) is 0 Å². The zero-order valence-electron chi connectivity index (χ0n) is 9.28. The molecular formula is C13H17Br2N. The van der Waals surface area contributed by atoms with Crippen LogP contribution in [0.4, 0.5) is 0 Å². The lowest BCUT2D eigenvalue weighted by molar-refractivity contribution is 0.196. The van der Waals surface area contributed by atoms with Gasteiger partial charge >= 0.3 is 0 Å². The van der Waals surface area contributed by atoms with Crippen LogP contribution in [0.5, 0.6) is 0 Å². The van der Waals surface area contributed by atoms with Crippen molar-refractivity contribution in [1.82, 2.24) is 4.90 Å². The lowest BCUT2D eigenvalue weighted by Gasteiger charge is -2.35. The first kappa shape index (κ1) is 12.6. The molecule has 1 heterocycles. The Bertz CT molecular complexity index is 315. The van der Waals surface area contributed by atoms with Crippen LogP contribution in [0.2, 0.25) is 0 Å². The van der Waals surface area contributed by atoms with Crippen LogP contribution in [-0.2, 0) is 6.54 Å². The highest BCUT2D eigenvalue weighted by atomic mass is 79.9. The molecule has 0 amide bonds. The monoisotopic (exact) mass is 345 g/mol. The topological polar surface area (TPSA) is 3.24 Å². The number of rotatable bonds is 3. The van der Waals surface area contributed by atoms with Crippen molar-refractivity contribution in [2.45, 2.75) is 17.8 Å². The number of hydrogen-bond acceptors (Lipinski definition) is 1. The Morgan fingerprint density at radius 1 is 1.25 bits per heavy atom. The molecule has 1 aromatic carbocycles. The van der Waals surface area contributed by atoms with Gasteiger partial charge in [-0.3, -0.25) is 4.90 Å². The molecule has 0 N–H and O–H groups in total. The molecule has 2 atom stereocenters. The van der Waals surface area contributed by atoms with Crippen LogP contribution >= 0.6 is 31.9 Å². The second-order valence-electron chi connectivity index (χ2n) is 4.44. The molecule has 1 aliphatic rings. The number of hydrogen-bond donors (Lipinski definition) is 0. The van der Waals surface area contributed by atoms with Crippen LogP contribution in [0.25, 0.3) is 0 Å². The summed E-state index contributed by atoms with van der Waals surface area (Å²) in [6, 6.07) is 10.7. The molecule has 1 nitrogen and oxygen atoms in total. The van der Waals surface area contributed by atoms with Gasteiger partial charge < -0.3 is 0 Å². The van der Waals surface area contributed by atoms with E-state index in [9.17, 15) is 0 Å². The summed E-state index contributed by atoms with van der Waals surface area (Å²) in [7, 11) is 0. The molecule has 0 spiro atoms. The number of halogens is 2. The van der Waals surface area contributed by atoms with Crippen molar-refractivity contribution < 1.29 is 0 Å². The second-order valence-corrected chi connectivity index (χ2v) is 6.26. The number of alkyl halides is 2. The summed E-state index contributed by atoms with van der Waals surface area (Å²) >= 11 is 7.39. The van der Waals surface area contributed by atoms with Crippen molar-refractivity contribution in [3.8, 4) is 0 Å². The maximum atomic E-state index is 3.80. The fourth-order valence-corrected chi connectivity index (χ4v) is 4.31. The standard InChI is InChI=1S/C13H17Br2N/c14-8-12-6-7-16(10-13(12)15)9-11-4-2-1-3-5-11/h1-5,12-13H,6-10H2. The fourth-order valence-electron chi connectivity index (χ4n) is 2.18. The third-order valence-corrected chi connectivity index (χ3v) is 5.08.